The van der Waals surface area contributed by atoms with Crippen molar-refractivity contribution in [3.63, 3.8) is 0 Å². The lowest BCUT2D eigenvalue weighted by Crippen LogP contribution is -2.43. The van der Waals surface area contributed by atoms with Crippen molar-refractivity contribution >= 4 is 5.91 Å². The predicted molar refractivity (Wildman–Crippen MR) is 58.8 cm³/mol. The Hall–Kier alpha value is -1.01. The second kappa shape index (κ2) is 7.40. The van der Waals surface area contributed by atoms with E-state index in [-0.39, 0.29) is 11.9 Å². The number of amides is 1. The van der Waals surface area contributed by atoms with E-state index in [1.54, 1.807) is 4.90 Å². The molecule has 0 heterocycles. The zero-order chi connectivity index (χ0) is 11.0. The van der Waals surface area contributed by atoms with Crippen LogP contribution in [0.2, 0.25) is 0 Å². The van der Waals surface area contributed by atoms with E-state index in [4.69, 9.17) is 6.42 Å². The highest BCUT2D eigenvalue weighted by atomic mass is 16.2. The van der Waals surface area contributed by atoms with Gasteiger partial charge in [-0.2, -0.15) is 0 Å². The second-order valence-corrected chi connectivity index (χ2v) is 3.34. The van der Waals surface area contributed by atoms with E-state index >= 15 is 0 Å². The summed E-state index contributed by atoms with van der Waals surface area (Å²) in [7, 11) is 1.81. The highest BCUT2D eigenvalue weighted by Crippen LogP contribution is 1.92. The number of nitrogens with zero attached hydrogens (tertiary/aromatic N) is 1. The molecular formula is C11H20N2O. The van der Waals surface area contributed by atoms with Crippen LogP contribution in [0.3, 0.4) is 0 Å². The van der Waals surface area contributed by atoms with Gasteiger partial charge < -0.3 is 10.2 Å². The number of likely N-dealkylation sites (N-methyl/N-ethyl adjacent to an activating group) is 1. The van der Waals surface area contributed by atoms with Crippen molar-refractivity contribution in [1.29, 1.82) is 0 Å². The maximum atomic E-state index is 11.6. The Kier molecular flexibility index (Phi) is 6.87. The van der Waals surface area contributed by atoms with Crippen molar-refractivity contribution in [2.45, 2.75) is 32.7 Å². The minimum atomic E-state index is -0.113. The molecule has 1 unspecified atom stereocenters. The largest absolute Gasteiger partial charge is 0.345 e. The van der Waals surface area contributed by atoms with Gasteiger partial charge in [-0.1, -0.05) is 0 Å². The lowest BCUT2D eigenvalue weighted by molar-refractivity contribution is -0.131. The maximum absolute atomic E-state index is 11.6. The third-order valence-corrected chi connectivity index (χ3v) is 2.17. The number of unbranched alkanes of at least 4 members (excludes halogenated alkanes) is 1. The summed E-state index contributed by atoms with van der Waals surface area (Å²) >= 11 is 0. The maximum Gasteiger partial charge on any atom is 0.239 e. The first-order chi connectivity index (χ1) is 6.63. The first kappa shape index (κ1) is 13.0. The van der Waals surface area contributed by atoms with E-state index in [9.17, 15) is 4.79 Å². The Balaban J connectivity index is 3.68. The normalized spacial score (nSPS) is 11.9. The molecule has 0 aromatic heterocycles. The Bertz CT molecular complexity index is 208. The lowest BCUT2D eigenvalue weighted by Gasteiger charge is -2.20. The minimum Gasteiger partial charge on any atom is -0.345 e. The van der Waals surface area contributed by atoms with Gasteiger partial charge in [0.05, 0.1) is 6.04 Å². The van der Waals surface area contributed by atoms with Crippen molar-refractivity contribution in [2.24, 2.45) is 0 Å². The SMILES string of the molecule is C#CCCCNC(C)C(=O)N(C)CC. The molecule has 0 bridgehead atoms. The van der Waals surface area contributed by atoms with Gasteiger partial charge in [0, 0.05) is 20.0 Å². The Morgan fingerprint density at radius 2 is 2.29 bits per heavy atom. The predicted octanol–water partition coefficient (Wildman–Crippen LogP) is 0.856. The summed E-state index contributed by atoms with van der Waals surface area (Å²) in [6.45, 7) is 5.39. The average molecular weight is 196 g/mol. The first-order valence-corrected chi connectivity index (χ1v) is 5.05. The zero-order valence-electron chi connectivity index (χ0n) is 9.34. The van der Waals surface area contributed by atoms with E-state index < -0.39 is 0 Å². The fraction of sp³-hybridized carbons (Fsp3) is 0.727. The molecule has 3 heteroatoms. The van der Waals surface area contributed by atoms with Crippen LogP contribution >= 0.6 is 0 Å². The first-order valence-electron chi connectivity index (χ1n) is 5.05. The van der Waals surface area contributed by atoms with Crippen molar-refractivity contribution < 1.29 is 4.79 Å². The molecule has 80 valence electrons. The fourth-order valence-corrected chi connectivity index (χ4v) is 1.08. The molecular weight excluding hydrogens is 176 g/mol. The molecule has 0 saturated carbocycles. The van der Waals surface area contributed by atoms with Gasteiger partial charge in [0.2, 0.25) is 5.91 Å². The molecule has 0 aliphatic rings. The number of nitrogens with one attached hydrogen (secondary N) is 1. The van der Waals surface area contributed by atoms with Crippen LogP contribution in [-0.4, -0.2) is 37.0 Å². The van der Waals surface area contributed by atoms with Gasteiger partial charge >= 0.3 is 0 Å². The molecule has 14 heavy (non-hydrogen) atoms. The zero-order valence-corrected chi connectivity index (χ0v) is 9.34. The summed E-state index contributed by atoms with van der Waals surface area (Å²) in [5.41, 5.74) is 0. The second-order valence-electron chi connectivity index (χ2n) is 3.34. The summed E-state index contributed by atoms with van der Waals surface area (Å²) in [5.74, 6) is 2.70. The van der Waals surface area contributed by atoms with Gasteiger partial charge in [-0.05, 0) is 26.8 Å². The van der Waals surface area contributed by atoms with Gasteiger partial charge in [0.15, 0.2) is 0 Å². The minimum absolute atomic E-state index is 0.113. The van der Waals surface area contributed by atoms with Crippen LogP contribution in [0.1, 0.15) is 26.7 Å². The smallest absolute Gasteiger partial charge is 0.239 e. The third-order valence-electron chi connectivity index (χ3n) is 2.17. The van der Waals surface area contributed by atoms with E-state index in [2.05, 4.69) is 11.2 Å². The van der Waals surface area contributed by atoms with Crippen LogP contribution < -0.4 is 5.32 Å². The number of hydrogen-bond acceptors (Lipinski definition) is 2. The van der Waals surface area contributed by atoms with E-state index in [0.717, 1.165) is 25.9 Å². The molecule has 0 fully saturated rings. The lowest BCUT2D eigenvalue weighted by atomic mass is 10.2. The molecule has 1 N–H and O–H groups in total. The van der Waals surface area contributed by atoms with Crippen LogP contribution in [0.5, 0.6) is 0 Å². The molecule has 0 spiro atoms. The van der Waals surface area contributed by atoms with Gasteiger partial charge in [-0.3, -0.25) is 4.79 Å². The number of terminal acetylenes is 1. The molecule has 0 aromatic carbocycles. The number of carbonyl (C=O) groups excluding carboxylic acids is 1. The fourth-order valence-electron chi connectivity index (χ4n) is 1.08. The summed E-state index contributed by atoms with van der Waals surface area (Å²) in [5, 5.41) is 3.15. The summed E-state index contributed by atoms with van der Waals surface area (Å²) in [6.07, 6.45) is 6.80. The molecule has 0 radical (unpaired) electrons. The molecule has 0 aliphatic carbocycles. The third kappa shape index (κ3) is 4.88. The summed E-state index contributed by atoms with van der Waals surface area (Å²) in [6, 6.07) is -0.113. The Labute approximate surface area is 86.9 Å². The number of hydrogen-bond donors (Lipinski definition) is 1. The summed E-state index contributed by atoms with van der Waals surface area (Å²) < 4.78 is 0. The molecule has 0 aromatic rings. The molecule has 1 atom stereocenters. The molecule has 0 aliphatic heterocycles. The number of rotatable bonds is 6. The van der Waals surface area contributed by atoms with Crippen molar-refractivity contribution in [3.8, 4) is 12.3 Å². The Morgan fingerprint density at radius 1 is 1.64 bits per heavy atom. The highest BCUT2D eigenvalue weighted by molar-refractivity contribution is 5.81. The van der Waals surface area contributed by atoms with Crippen molar-refractivity contribution in [2.75, 3.05) is 20.1 Å². The van der Waals surface area contributed by atoms with E-state index in [0.29, 0.717) is 0 Å². The van der Waals surface area contributed by atoms with Crippen LogP contribution in [0.15, 0.2) is 0 Å². The van der Waals surface area contributed by atoms with Crippen LogP contribution in [0.4, 0.5) is 0 Å². The average Bonchev–Trinajstić information content (AvgIpc) is 2.21. The van der Waals surface area contributed by atoms with Gasteiger partial charge in [0.1, 0.15) is 0 Å². The van der Waals surface area contributed by atoms with Crippen LogP contribution in [0.25, 0.3) is 0 Å². The van der Waals surface area contributed by atoms with Gasteiger partial charge in [-0.25, -0.2) is 0 Å². The molecule has 1 amide bonds. The topological polar surface area (TPSA) is 32.3 Å². The van der Waals surface area contributed by atoms with Gasteiger partial charge in [-0.15, -0.1) is 12.3 Å². The van der Waals surface area contributed by atoms with Crippen molar-refractivity contribution in [1.82, 2.24) is 10.2 Å². The van der Waals surface area contributed by atoms with Crippen LogP contribution in [0, 0.1) is 12.3 Å². The highest BCUT2D eigenvalue weighted by Gasteiger charge is 2.14. The Morgan fingerprint density at radius 3 is 2.79 bits per heavy atom. The van der Waals surface area contributed by atoms with Crippen molar-refractivity contribution in [3.05, 3.63) is 0 Å². The molecule has 3 nitrogen and oxygen atoms in total. The van der Waals surface area contributed by atoms with Gasteiger partial charge in [0.25, 0.3) is 0 Å². The standard InChI is InChI=1S/C11H20N2O/c1-5-7-8-9-12-10(3)11(14)13(4)6-2/h1,10,12H,6-9H2,2-4H3. The number of carbonyl (C=O) groups is 1. The van der Waals surface area contributed by atoms with E-state index in [1.807, 2.05) is 20.9 Å². The van der Waals surface area contributed by atoms with E-state index in [1.165, 1.54) is 0 Å². The summed E-state index contributed by atoms with van der Waals surface area (Å²) in [4.78, 5) is 13.3. The molecule has 0 saturated heterocycles. The van der Waals surface area contributed by atoms with Crippen LogP contribution in [-0.2, 0) is 4.79 Å². The quantitative estimate of drug-likeness (QED) is 0.505. The molecule has 0 rings (SSSR count). The monoisotopic (exact) mass is 196 g/mol.